The van der Waals surface area contributed by atoms with Crippen molar-refractivity contribution in [3.8, 4) is 5.75 Å². The predicted molar refractivity (Wildman–Crippen MR) is 81.0 cm³/mol. The van der Waals surface area contributed by atoms with Gasteiger partial charge in [0.25, 0.3) is 0 Å². The summed E-state index contributed by atoms with van der Waals surface area (Å²) in [5.41, 5.74) is 4.12. The van der Waals surface area contributed by atoms with Crippen molar-refractivity contribution in [2.45, 2.75) is 58.4 Å². The van der Waals surface area contributed by atoms with Crippen molar-refractivity contribution < 1.29 is 4.74 Å². The van der Waals surface area contributed by atoms with Crippen molar-refractivity contribution in [3.05, 3.63) is 28.8 Å². The third-order valence-electron chi connectivity index (χ3n) is 4.30. The first kappa shape index (κ1) is 14.4. The molecule has 1 aliphatic heterocycles. The van der Waals surface area contributed by atoms with E-state index in [9.17, 15) is 0 Å². The van der Waals surface area contributed by atoms with Gasteiger partial charge in [-0.3, -0.25) is 0 Å². The monoisotopic (exact) mass is 261 g/mol. The van der Waals surface area contributed by atoms with E-state index in [1.54, 1.807) is 7.11 Å². The lowest BCUT2D eigenvalue weighted by Gasteiger charge is -2.32. The first-order valence-corrected chi connectivity index (χ1v) is 7.23. The highest BCUT2D eigenvalue weighted by molar-refractivity contribution is 5.52. The quantitative estimate of drug-likeness (QED) is 0.872. The van der Waals surface area contributed by atoms with E-state index in [-0.39, 0.29) is 11.0 Å². The minimum absolute atomic E-state index is 0.0523. The summed E-state index contributed by atoms with van der Waals surface area (Å²) in [5.74, 6) is 1.07. The molecule has 19 heavy (non-hydrogen) atoms. The van der Waals surface area contributed by atoms with Crippen LogP contribution in [0.5, 0.6) is 5.75 Å². The first-order chi connectivity index (χ1) is 8.79. The smallest absolute Gasteiger partial charge is 0.127 e. The highest BCUT2D eigenvalue weighted by Gasteiger charge is 2.36. The number of hydrogen-bond acceptors (Lipinski definition) is 2. The van der Waals surface area contributed by atoms with Gasteiger partial charge in [0.2, 0.25) is 0 Å². The fraction of sp³-hybridized carbons (Fsp3) is 0.647. The van der Waals surface area contributed by atoms with E-state index in [4.69, 9.17) is 4.74 Å². The number of aryl methyl sites for hydroxylation is 1. The Morgan fingerprint density at radius 1 is 1.26 bits per heavy atom. The molecule has 1 fully saturated rings. The van der Waals surface area contributed by atoms with Crippen LogP contribution in [0, 0.1) is 6.92 Å². The lowest BCUT2D eigenvalue weighted by Crippen LogP contribution is -2.35. The molecular weight excluding hydrogens is 234 g/mol. The third-order valence-corrected chi connectivity index (χ3v) is 4.30. The van der Waals surface area contributed by atoms with Crippen LogP contribution in [-0.2, 0) is 11.0 Å². The summed E-state index contributed by atoms with van der Waals surface area (Å²) in [7, 11) is 1.80. The molecule has 2 rings (SSSR count). The normalized spacial score (nSPS) is 23.7. The average molecular weight is 261 g/mol. The van der Waals surface area contributed by atoms with Gasteiger partial charge < -0.3 is 10.1 Å². The zero-order valence-electron chi connectivity index (χ0n) is 13.2. The van der Waals surface area contributed by atoms with Gasteiger partial charge in [-0.05, 0) is 49.8 Å². The number of benzene rings is 1. The Hall–Kier alpha value is -1.02. The van der Waals surface area contributed by atoms with E-state index < -0.39 is 0 Å². The van der Waals surface area contributed by atoms with Gasteiger partial charge in [-0.15, -0.1) is 0 Å². The van der Waals surface area contributed by atoms with Crippen LogP contribution in [0.1, 0.15) is 57.2 Å². The number of ether oxygens (including phenoxy) is 1. The molecule has 0 radical (unpaired) electrons. The summed E-state index contributed by atoms with van der Waals surface area (Å²) >= 11 is 0. The maximum absolute atomic E-state index is 5.82. The molecule has 2 nitrogen and oxygen atoms in total. The van der Waals surface area contributed by atoms with E-state index in [1.807, 2.05) is 0 Å². The standard InChI is InChI=1S/C17H27NO/c1-12-8-9-13(16(2,3)4)15(19-6)14(12)17(5)10-7-11-18-17/h8-9,18H,7,10-11H2,1-6H3. The van der Waals surface area contributed by atoms with Crippen LogP contribution < -0.4 is 10.1 Å². The van der Waals surface area contributed by atoms with Crippen molar-refractivity contribution in [2.24, 2.45) is 0 Å². The SMILES string of the molecule is COc1c(C(C)(C)C)ccc(C)c1C1(C)CCCN1. The Balaban J connectivity index is 2.65. The number of rotatable bonds is 2. The second kappa shape index (κ2) is 4.82. The number of nitrogens with one attached hydrogen (secondary N) is 1. The molecule has 2 heteroatoms. The fourth-order valence-electron chi connectivity index (χ4n) is 3.28. The van der Waals surface area contributed by atoms with E-state index in [1.165, 1.54) is 29.5 Å². The van der Waals surface area contributed by atoms with Crippen LogP contribution in [0.2, 0.25) is 0 Å². The summed E-state index contributed by atoms with van der Waals surface area (Å²) in [6, 6.07) is 4.46. The van der Waals surface area contributed by atoms with Gasteiger partial charge in [-0.25, -0.2) is 0 Å². The lowest BCUT2D eigenvalue weighted by molar-refractivity contribution is 0.358. The molecule has 1 heterocycles. The average Bonchev–Trinajstić information content (AvgIpc) is 2.74. The Kier molecular flexibility index (Phi) is 3.65. The van der Waals surface area contributed by atoms with Crippen LogP contribution in [0.25, 0.3) is 0 Å². The molecule has 0 aromatic heterocycles. The maximum Gasteiger partial charge on any atom is 0.127 e. The predicted octanol–water partition coefficient (Wildman–Crippen LogP) is 3.90. The largest absolute Gasteiger partial charge is 0.496 e. The van der Waals surface area contributed by atoms with Gasteiger partial charge in [-0.2, -0.15) is 0 Å². The van der Waals surface area contributed by atoms with Crippen molar-refractivity contribution in [2.75, 3.05) is 13.7 Å². The van der Waals surface area contributed by atoms with Gasteiger partial charge in [0.15, 0.2) is 0 Å². The van der Waals surface area contributed by atoms with Gasteiger partial charge in [-0.1, -0.05) is 32.9 Å². The minimum atomic E-state index is 0.0523. The zero-order valence-corrected chi connectivity index (χ0v) is 13.2. The van der Waals surface area contributed by atoms with Crippen LogP contribution in [-0.4, -0.2) is 13.7 Å². The lowest BCUT2D eigenvalue weighted by atomic mass is 9.79. The molecule has 1 aliphatic rings. The second-order valence-corrected chi connectivity index (χ2v) is 6.95. The molecule has 1 N–H and O–H groups in total. The molecular formula is C17H27NO. The van der Waals surface area contributed by atoms with Crippen LogP contribution in [0.3, 0.4) is 0 Å². The topological polar surface area (TPSA) is 21.3 Å². The summed E-state index contributed by atoms with van der Waals surface area (Å²) < 4.78 is 5.82. The van der Waals surface area contributed by atoms with Gasteiger partial charge >= 0.3 is 0 Å². The first-order valence-electron chi connectivity index (χ1n) is 7.23. The summed E-state index contributed by atoms with van der Waals surface area (Å²) in [6.07, 6.45) is 2.41. The molecule has 0 bridgehead atoms. The van der Waals surface area contributed by atoms with Crippen LogP contribution in [0.15, 0.2) is 12.1 Å². The van der Waals surface area contributed by atoms with Crippen molar-refractivity contribution >= 4 is 0 Å². The molecule has 1 unspecified atom stereocenters. The van der Waals surface area contributed by atoms with E-state index >= 15 is 0 Å². The van der Waals surface area contributed by atoms with Gasteiger partial charge in [0.05, 0.1) is 7.11 Å². The zero-order chi connectivity index (χ0) is 14.3. The van der Waals surface area contributed by atoms with E-state index in [0.717, 1.165) is 12.3 Å². The Morgan fingerprint density at radius 2 is 1.95 bits per heavy atom. The summed E-state index contributed by atoms with van der Waals surface area (Å²) in [6.45, 7) is 12.3. The van der Waals surface area contributed by atoms with E-state index in [0.29, 0.717) is 0 Å². The van der Waals surface area contributed by atoms with Crippen molar-refractivity contribution in [3.63, 3.8) is 0 Å². The Morgan fingerprint density at radius 3 is 2.42 bits per heavy atom. The van der Waals surface area contributed by atoms with Gasteiger partial charge in [0, 0.05) is 11.1 Å². The molecule has 1 saturated heterocycles. The Labute approximate surface area is 117 Å². The Bertz CT molecular complexity index is 465. The molecule has 0 aliphatic carbocycles. The number of methoxy groups -OCH3 is 1. The second-order valence-electron chi connectivity index (χ2n) is 6.95. The highest BCUT2D eigenvalue weighted by atomic mass is 16.5. The number of hydrogen-bond donors (Lipinski definition) is 1. The van der Waals surface area contributed by atoms with Gasteiger partial charge in [0.1, 0.15) is 5.75 Å². The molecule has 0 saturated carbocycles. The van der Waals surface area contributed by atoms with E-state index in [2.05, 4.69) is 52.1 Å². The molecule has 1 atom stereocenters. The molecule has 1 aromatic carbocycles. The van der Waals surface area contributed by atoms with Crippen LogP contribution in [0.4, 0.5) is 0 Å². The summed E-state index contributed by atoms with van der Waals surface area (Å²) in [5, 5.41) is 3.66. The van der Waals surface area contributed by atoms with Crippen LogP contribution >= 0.6 is 0 Å². The van der Waals surface area contributed by atoms with Crippen molar-refractivity contribution in [1.29, 1.82) is 0 Å². The maximum atomic E-state index is 5.82. The summed E-state index contributed by atoms with van der Waals surface area (Å²) in [4.78, 5) is 0. The van der Waals surface area contributed by atoms with Crippen molar-refractivity contribution in [1.82, 2.24) is 5.32 Å². The minimum Gasteiger partial charge on any atom is -0.496 e. The molecule has 0 amide bonds. The molecule has 1 aromatic rings. The molecule has 0 spiro atoms. The molecule has 106 valence electrons. The fourth-order valence-corrected chi connectivity index (χ4v) is 3.28. The highest BCUT2D eigenvalue weighted by Crippen LogP contribution is 2.43. The third kappa shape index (κ3) is 2.51.